The van der Waals surface area contributed by atoms with Gasteiger partial charge in [0.25, 0.3) is 0 Å². The first kappa shape index (κ1) is 11.8. The molecular weight excluding hydrogens is 188 g/mol. The summed E-state index contributed by atoms with van der Waals surface area (Å²) in [7, 11) is 0. The van der Waals surface area contributed by atoms with Crippen molar-refractivity contribution in [1.82, 2.24) is 9.97 Å². The Hall–Kier alpha value is -1.32. The predicted octanol–water partition coefficient (Wildman–Crippen LogP) is 2.15. The van der Waals surface area contributed by atoms with E-state index in [2.05, 4.69) is 43.0 Å². The van der Waals surface area contributed by atoms with Crippen LogP contribution in [0.5, 0.6) is 0 Å². The van der Waals surface area contributed by atoms with Crippen LogP contribution in [-0.2, 0) is 0 Å². The van der Waals surface area contributed by atoms with Crippen molar-refractivity contribution in [3.05, 3.63) is 12.5 Å². The van der Waals surface area contributed by atoms with E-state index in [0.29, 0.717) is 11.6 Å². The third kappa shape index (κ3) is 3.38. The first-order chi connectivity index (χ1) is 6.91. The lowest BCUT2D eigenvalue weighted by Crippen LogP contribution is -2.25. The fourth-order valence-corrected chi connectivity index (χ4v) is 1.04. The van der Waals surface area contributed by atoms with E-state index in [1.165, 1.54) is 6.33 Å². The van der Waals surface area contributed by atoms with Gasteiger partial charge in [-0.25, -0.2) is 9.97 Å². The largest absolute Gasteiger partial charge is 0.394 e. The van der Waals surface area contributed by atoms with E-state index in [1.807, 2.05) is 0 Å². The molecule has 0 spiro atoms. The minimum Gasteiger partial charge on any atom is -0.394 e. The second kappa shape index (κ2) is 4.47. The lowest BCUT2D eigenvalue weighted by molar-refractivity contribution is 0.274. The van der Waals surface area contributed by atoms with Crippen LogP contribution >= 0.6 is 0 Å². The average molecular weight is 208 g/mol. The van der Waals surface area contributed by atoms with Crippen molar-refractivity contribution in [2.24, 2.45) is 11.3 Å². The van der Waals surface area contributed by atoms with Gasteiger partial charge < -0.3 is 11.1 Å². The van der Waals surface area contributed by atoms with E-state index >= 15 is 0 Å². The molecule has 84 valence electrons. The molecule has 1 aromatic rings. The summed E-state index contributed by atoms with van der Waals surface area (Å²) in [6.45, 7) is 9.75. The molecule has 0 fully saturated rings. The Kier molecular flexibility index (Phi) is 3.50. The Morgan fingerprint density at radius 2 is 2.13 bits per heavy atom. The number of hydrogen-bond donors (Lipinski definition) is 2. The number of nitrogens with two attached hydrogens (primary N) is 1. The Labute approximate surface area is 91.3 Å². The zero-order valence-corrected chi connectivity index (χ0v) is 9.91. The maximum atomic E-state index is 5.73. The fourth-order valence-electron chi connectivity index (χ4n) is 1.04. The van der Waals surface area contributed by atoms with Crippen molar-refractivity contribution < 1.29 is 0 Å². The molecule has 3 N–H and O–H groups in total. The van der Waals surface area contributed by atoms with Crippen LogP contribution in [0.1, 0.15) is 27.7 Å². The zero-order chi connectivity index (χ0) is 11.5. The molecule has 0 aromatic carbocycles. The van der Waals surface area contributed by atoms with E-state index in [9.17, 15) is 0 Å². The van der Waals surface area contributed by atoms with Crippen molar-refractivity contribution in [2.45, 2.75) is 27.7 Å². The normalized spacial score (nSPS) is 13.6. The highest BCUT2D eigenvalue weighted by atomic mass is 15.0. The van der Waals surface area contributed by atoms with E-state index in [4.69, 9.17) is 5.73 Å². The third-order valence-electron chi connectivity index (χ3n) is 2.79. The van der Waals surface area contributed by atoms with Crippen LogP contribution in [0, 0.1) is 11.3 Å². The number of aromatic nitrogens is 2. The number of rotatable bonds is 3. The lowest BCUT2D eigenvalue weighted by Gasteiger charge is -2.27. The number of nitrogen functional groups attached to an aromatic ring is 1. The Morgan fingerprint density at radius 3 is 2.67 bits per heavy atom. The van der Waals surface area contributed by atoms with Gasteiger partial charge in [-0.1, -0.05) is 27.7 Å². The number of nitrogens with one attached hydrogen (secondary N) is 1. The monoisotopic (exact) mass is 208 g/mol. The molecule has 0 aliphatic heterocycles. The smallest absolute Gasteiger partial charge is 0.152 e. The van der Waals surface area contributed by atoms with Crippen molar-refractivity contribution in [1.29, 1.82) is 0 Å². The molecule has 1 atom stereocenters. The maximum absolute atomic E-state index is 5.73. The second-order valence-electron chi connectivity index (χ2n) is 4.97. The van der Waals surface area contributed by atoms with Gasteiger partial charge >= 0.3 is 0 Å². The van der Waals surface area contributed by atoms with Gasteiger partial charge in [0.2, 0.25) is 0 Å². The quantitative estimate of drug-likeness (QED) is 0.799. The maximum Gasteiger partial charge on any atom is 0.152 e. The second-order valence-corrected chi connectivity index (χ2v) is 4.97. The Balaban J connectivity index is 2.55. The molecule has 0 bridgehead atoms. The standard InChI is InChI=1S/C11H20N4/c1-8(11(2,3)4)5-14-10-9(12)6-13-7-15-10/h6-8H,5,12H2,1-4H3,(H,13,14,15). The van der Waals surface area contributed by atoms with Crippen LogP contribution < -0.4 is 11.1 Å². The molecule has 1 heterocycles. The van der Waals surface area contributed by atoms with Gasteiger partial charge in [0.1, 0.15) is 6.33 Å². The highest BCUT2D eigenvalue weighted by molar-refractivity contribution is 5.58. The molecule has 0 aliphatic carbocycles. The fraction of sp³-hybridized carbons (Fsp3) is 0.636. The summed E-state index contributed by atoms with van der Waals surface area (Å²) in [5.74, 6) is 1.27. The molecule has 1 rings (SSSR count). The summed E-state index contributed by atoms with van der Waals surface area (Å²) in [4.78, 5) is 7.93. The number of nitrogens with zero attached hydrogens (tertiary/aromatic N) is 2. The third-order valence-corrected chi connectivity index (χ3v) is 2.79. The average Bonchev–Trinajstić information content (AvgIpc) is 2.14. The highest BCUT2D eigenvalue weighted by Crippen LogP contribution is 2.25. The van der Waals surface area contributed by atoms with Crippen LogP contribution in [0.25, 0.3) is 0 Å². The molecule has 1 aromatic heterocycles. The summed E-state index contributed by atoms with van der Waals surface area (Å²) in [5.41, 5.74) is 6.61. The number of anilines is 2. The van der Waals surface area contributed by atoms with E-state index < -0.39 is 0 Å². The molecule has 1 unspecified atom stereocenters. The number of hydrogen-bond acceptors (Lipinski definition) is 4. The van der Waals surface area contributed by atoms with Crippen LogP contribution in [-0.4, -0.2) is 16.5 Å². The summed E-state index contributed by atoms with van der Waals surface area (Å²) >= 11 is 0. The molecule has 0 radical (unpaired) electrons. The van der Waals surface area contributed by atoms with E-state index in [-0.39, 0.29) is 5.41 Å². The molecule has 0 saturated heterocycles. The summed E-state index contributed by atoms with van der Waals surface area (Å²) < 4.78 is 0. The lowest BCUT2D eigenvalue weighted by atomic mass is 9.82. The first-order valence-electron chi connectivity index (χ1n) is 5.20. The minimum atomic E-state index is 0.287. The van der Waals surface area contributed by atoms with Gasteiger partial charge in [-0.2, -0.15) is 0 Å². The minimum absolute atomic E-state index is 0.287. The molecule has 0 saturated carbocycles. The van der Waals surface area contributed by atoms with Gasteiger partial charge in [0, 0.05) is 6.54 Å². The Morgan fingerprint density at radius 1 is 1.47 bits per heavy atom. The summed E-state index contributed by atoms with van der Waals surface area (Å²) in [6.07, 6.45) is 3.11. The van der Waals surface area contributed by atoms with Crippen molar-refractivity contribution >= 4 is 11.5 Å². The highest BCUT2D eigenvalue weighted by Gasteiger charge is 2.19. The summed E-state index contributed by atoms with van der Waals surface area (Å²) in [5, 5.41) is 3.24. The van der Waals surface area contributed by atoms with Gasteiger partial charge in [0.15, 0.2) is 5.82 Å². The van der Waals surface area contributed by atoms with Crippen LogP contribution in [0.4, 0.5) is 11.5 Å². The van der Waals surface area contributed by atoms with Crippen molar-refractivity contribution in [2.75, 3.05) is 17.6 Å². The molecule has 15 heavy (non-hydrogen) atoms. The van der Waals surface area contributed by atoms with Crippen LogP contribution in [0.3, 0.4) is 0 Å². The van der Waals surface area contributed by atoms with Gasteiger partial charge in [-0.05, 0) is 11.3 Å². The molecule has 4 nitrogen and oxygen atoms in total. The van der Waals surface area contributed by atoms with Crippen LogP contribution in [0.15, 0.2) is 12.5 Å². The van der Waals surface area contributed by atoms with Crippen molar-refractivity contribution in [3.63, 3.8) is 0 Å². The van der Waals surface area contributed by atoms with Gasteiger partial charge in [-0.15, -0.1) is 0 Å². The topological polar surface area (TPSA) is 63.8 Å². The van der Waals surface area contributed by atoms with Crippen LogP contribution in [0.2, 0.25) is 0 Å². The molecule has 4 heteroatoms. The van der Waals surface area contributed by atoms with Gasteiger partial charge in [-0.3, -0.25) is 0 Å². The Bertz CT molecular complexity index is 317. The van der Waals surface area contributed by atoms with E-state index in [1.54, 1.807) is 6.20 Å². The zero-order valence-electron chi connectivity index (χ0n) is 9.91. The first-order valence-corrected chi connectivity index (χ1v) is 5.20. The van der Waals surface area contributed by atoms with E-state index in [0.717, 1.165) is 12.4 Å². The molecule has 0 amide bonds. The molecular formula is C11H20N4. The van der Waals surface area contributed by atoms with Gasteiger partial charge in [0.05, 0.1) is 11.9 Å². The predicted molar refractivity (Wildman–Crippen MR) is 63.6 cm³/mol. The molecule has 0 aliphatic rings. The SMILES string of the molecule is CC(CNc1ncncc1N)C(C)(C)C. The van der Waals surface area contributed by atoms with Crippen molar-refractivity contribution in [3.8, 4) is 0 Å². The summed E-state index contributed by atoms with van der Waals surface area (Å²) in [6, 6.07) is 0.